The Morgan fingerprint density at radius 2 is 2.15 bits per heavy atom. The molecular weight excluding hydrogens is 315 g/mol. The standard InChI is InChI=1S/C11H9ClF3N3OS/c12-9-2-1-7(20-9)10(19)16-4-6-18-5-3-8(17-18)11(13,14)15/h1-3,5H,4,6H2,(H,16,19). The highest BCUT2D eigenvalue weighted by atomic mass is 35.5. The first-order chi connectivity index (χ1) is 9.36. The Kier molecular flexibility index (Phi) is 4.34. The third-order valence-electron chi connectivity index (χ3n) is 2.35. The first kappa shape index (κ1) is 14.9. The maximum atomic E-state index is 12.3. The average molecular weight is 324 g/mol. The Morgan fingerprint density at radius 3 is 2.70 bits per heavy atom. The Morgan fingerprint density at radius 1 is 1.40 bits per heavy atom. The third kappa shape index (κ3) is 3.73. The average Bonchev–Trinajstić information content (AvgIpc) is 2.97. The molecule has 108 valence electrons. The number of alkyl halides is 3. The van der Waals surface area contributed by atoms with Gasteiger partial charge >= 0.3 is 6.18 Å². The Bertz CT molecular complexity index is 608. The molecular formula is C11H9ClF3N3OS. The minimum Gasteiger partial charge on any atom is -0.349 e. The SMILES string of the molecule is O=C(NCCn1ccc(C(F)(F)F)n1)c1ccc(Cl)s1. The smallest absolute Gasteiger partial charge is 0.349 e. The molecule has 20 heavy (non-hydrogen) atoms. The molecule has 9 heteroatoms. The van der Waals surface area contributed by atoms with Gasteiger partial charge in [0.25, 0.3) is 5.91 Å². The van der Waals surface area contributed by atoms with Crippen molar-refractivity contribution < 1.29 is 18.0 Å². The van der Waals surface area contributed by atoms with Gasteiger partial charge in [-0.05, 0) is 18.2 Å². The molecule has 0 aliphatic heterocycles. The maximum absolute atomic E-state index is 12.3. The normalized spacial score (nSPS) is 11.6. The lowest BCUT2D eigenvalue weighted by Gasteiger charge is -2.04. The minimum atomic E-state index is -4.46. The Hall–Kier alpha value is -1.54. The highest BCUT2D eigenvalue weighted by Crippen LogP contribution is 2.27. The number of rotatable bonds is 4. The lowest BCUT2D eigenvalue weighted by Crippen LogP contribution is -2.26. The van der Waals surface area contributed by atoms with Crippen LogP contribution in [0.4, 0.5) is 13.2 Å². The van der Waals surface area contributed by atoms with Gasteiger partial charge in [0.1, 0.15) is 0 Å². The van der Waals surface area contributed by atoms with Crippen LogP contribution in [0.2, 0.25) is 4.34 Å². The van der Waals surface area contributed by atoms with Gasteiger partial charge < -0.3 is 5.32 Å². The lowest BCUT2D eigenvalue weighted by molar-refractivity contribution is -0.141. The van der Waals surface area contributed by atoms with E-state index < -0.39 is 11.9 Å². The Labute approximate surface area is 121 Å². The molecule has 0 spiro atoms. The second-order valence-corrected chi connectivity index (χ2v) is 5.54. The van der Waals surface area contributed by atoms with Crippen LogP contribution >= 0.6 is 22.9 Å². The van der Waals surface area contributed by atoms with E-state index in [1.165, 1.54) is 6.20 Å². The first-order valence-electron chi connectivity index (χ1n) is 5.50. The molecule has 2 heterocycles. The summed E-state index contributed by atoms with van der Waals surface area (Å²) in [7, 11) is 0. The van der Waals surface area contributed by atoms with Gasteiger partial charge in [-0.3, -0.25) is 9.48 Å². The molecule has 0 saturated carbocycles. The van der Waals surface area contributed by atoms with Crippen molar-refractivity contribution in [3.05, 3.63) is 39.3 Å². The molecule has 1 amide bonds. The van der Waals surface area contributed by atoms with Crippen LogP contribution in [-0.2, 0) is 12.7 Å². The van der Waals surface area contributed by atoms with Gasteiger partial charge in [0, 0.05) is 12.7 Å². The summed E-state index contributed by atoms with van der Waals surface area (Å²) in [6.07, 6.45) is -3.24. The lowest BCUT2D eigenvalue weighted by atomic mass is 10.4. The number of nitrogens with one attached hydrogen (secondary N) is 1. The van der Waals surface area contributed by atoms with E-state index in [1.54, 1.807) is 12.1 Å². The molecule has 2 rings (SSSR count). The van der Waals surface area contributed by atoms with Crippen LogP contribution in [0.3, 0.4) is 0 Å². The zero-order valence-corrected chi connectivity index (χ0v) is 11.5. The maximum Gasteiger partial charge on any atom is 0.435 e. The number of hydrogen-bond donors (Lipinski definition) is 1. The first-order valence-corrected chi connectivity index (χ1v) is 6.70. The van der Waals surface area contributed by atoms with Crippen LogP contribution in [0.15, 0.2) is 24.4 Å². The molecule has 0 fully saturated rings. The summed E-state index contributed by atoms with van der Waals surface area (Å²) >= 11 is 6.83. The number of amides is 1. The number of hydrogen-bond acceptors (Lipinski definition) is 3. The summed E-state index contributed by atoms with van der Waals surface area (Å²) in [6.45, 7) is 0.328. The highest BCUT2D eigenvalue weighted by Gasteiger charge is 2.33. The van der Waals surface area contributed by atoms with Gasteiger partial charge in [-0.1, -0.05) is 11.6 Å². The number of thiophene rings is 1. The van der Waals surface area contributed by atoms with Gasteiger partial charge in [-0.2, -0.15) is 18.3 Å². The number of halogens is 4. The fourth-order valence-corrected chi connectivity index (χ4v) is 2.40. The van der Waals surface area contributed by atoms with E-state index in [0.29, 0.717) is 9.21 Å². The van der Waals surface area contributed by atoms with Crippen LogP contribution in [0.1, 0.15) is 15.4 Å². The number of aromatic nitrogens is 2. The molecule has 0 aromatic carbocycles. The van der Waals surface area contributed by atoms with Crippen LogP contribution < -0.4 is 5.32 Å². The van der Waals surface area contributed by atoms with Gasteiger partial charge in [0.05, 0.1) is 15.8 Å². The van der Waals surface area contributed by atoms with Crippen molar-refractivity contribution in [2.75, 3.05) is 6.54 Å². The van der Waals surface area contributed by atoms with Crippen LogP contribution in [0.5, 0.6) is 0 Å². The van der Waals surface area contributed by atoms with Crippen LogP contribution in [0, 0.1) is 0 Å². The summed E-state index contributed by atoms with van der Waals surface area (Å²) in [5.74, 6) is -0.315. The molecule has 0 aliphatic rings. The minimum absolute atomic E-state index is 0.154. The molecule has 0 bridgehead atoms. The molecule has 4 nitrogen and oxygen atoms in total. The van der Waals surface area contributed by atoms with E-state index in [1.807, 2.05) is 0 Å². The van der Waals surface area contributed by atoms with E-state index in [2.05, 4.69) is 10.4 Å². The number of carbonyl (C=O) groups is 1. The van der Waals surface area contributed by atoms with Crippen LogP contribution in [-0.4, -0.2) is 22.2 Å². The number of nitrogens with zero attached hydrogens (tertiary/aromatic N) is 2. The fraction of sp³-hybridized carbons (Fsp3) is 0.273. The largest absolute Gasteiger partial charge is 0.435 e. The molecule has 0 atom stereocenters. The van der Waals surface area contributed by atoms with E-state index in [-0.39, 0.29) is 19.0 Å². The number of carbonyl (C=O) groups excluding carboxylic acids is 1. The molecule has 2 aromatic heterocycles. The highest BCUT2D eigenvalue weighted by molar-refractivity contribution is 7.17. The summed E-state index contributed by atoms with van der Waals surface area (Å²) in [5, 5.41) is 5.96. The predicted molar refractivity (Wildman–Crippen MR) is 68.9 cm³/mol. The van der Waals surface area contributed by atoms with E-state index in [9.17, 15) is 18.0 Å². The van der Waals surface area contributed by atoms with Gasteiger partial charge in [-0.15, -0.1) is 11.3 Å². The van der Waals surface area contributed by atoms with Crippen molar-refractivity contribution in [2.24, 2.45) is 0 Å². The van der Waals surface area contributed by atoms with Crippen molar-refractivity contribution in [1.82, 2.24) is 15.1 Å². The predicted octanol–water partition coefficient (Wildman–Crippen LogP) is 3.05. The summed E-state index contributed by atoms with van der Waals surface area (Å²) in [6, 6.07) is 4.07. The van der Waals surface area contributed by atoms with E-state index in [0.717, 1.165) is 22.1 Å². The van der Waals surface area contributed by atoms with Gasteiger partial charge in [0.15, 0.2) is 5.69 Å². The van der Waals surface area contributed by atoms with Crippen molar-refractivity contribution in [3.8, 4) is 0 Å². The second kappa shape index (κ2) is 5.84. The quantitative estimate of drug-likeness (QED) is 0.940. The van der Waals surface area contributed by atoms with Crippen molar-refractivity contribution in [3.63, 3.8) is 0 Å². The van der Waals surface area contributed by atoms with E-state index >= 15 is 0 Å². The molecule has 2 aromatic rings. The molecule has 1 N–H and O–H groups in total. The molecule has 0 unspecified atom stereocenters. The van der Waals surface area contributed by atoms with Crippen LogP contribution in [0.25, 0.3) is 0 Å². The molecule has 0 radical (unpaired) electrons. The van der Waals surface area contributed by atoms with Gasteiger partial charge in [0.2, 0.25) is 0 Å². The summed E-state index contributed by atoms with van der Waals surface area (Å²) in [4.78, 5) is 12.1. The molecule has 0 saturated heterocycles. The monoisotopic (exact) mass is 323 g/mol. The van der Waals surface area contributed by atoms with Crippen molar-refractivity contribution in [1.29, 1.82) is 0 Å². The summed E-state index contributed by atoms with van der Waals surface area (Å²) in [5.41, 5.74) is -0.950. The topological polar surface area (TPSA) is 46.9 Å². The second-order valence-electron chi connectivity index (χ2n) is 3.82. The zero-order chi connectivity index (χ0) is 14.8. The third-order valence-corrected chi connectivity index (χ3v) is 3.58. The van der Waals surface area contributed by atoms with Crippen molar-refractivity contribution in [2.45, 2.75) is 12.7 Å². The van der Waals surface area contributed by atoms with E-state index in [4.69, 9.17) is 11.6 Å². The zero-order valence-electron chi connectivity index (χ0n) is 9.95. The van der Waals surface area contributed by atoms with Crippen molar-refractivity contribution >= 4 is 28.8 Å². The fourth-order valence-electron chi connectivity index (χ4n) is 1.44. The Balaban J connectivity index is 1.84. The van der Waals surface area contributed by atoms with Gasteiger partial charge in [-0.25, -0.2) is 0 Å². The molecule has 0 aliphatic carbocycles. The summed E-state index contributed by atoms with van der Waals surface area (Å²) < 4.78 is 38.6.